The van der Waals surface area contributed by atoms with Crippen molar-refractivity contribution >= 4 is 34.8 Å². The van der Waals surface area contributed by atoms with E-state index < -0.39 is 5.82 Å². The van der Waals surface area contributed by atoms with Crippen LogP contribution in [0, 0.1) is 5.82 Å². The SMILES string of the molecule is O=C1COc2ccc(-c3csc(=Nc4ccccc4F)n3/N=C/c3ccccc3)cc2N1. The smallest absolute Gasteiger partial charge is 0.262 e. The van der Waals surface area contributed by atoms with Crippen LogP contribution in [0.1, 0.15) is 5.56 Å². The van der Waals surface area contributed by atoms with Crippen LogP contribution in [0.15, 0.2) is 88.3 Å². The molecule has 4 aromatic rings. The van der Waals surface area contributed by atoms with Crippen LogP contribution in [0.5, 0.6) is 5.75 Å². The molecule has 0 fully saturated rings. The first kappa shape index (κ1) is 19.9. The number of nitrogens with one attached hydrogen (secondary N) is 1. The second kappa shape index (κ2) is 8.60. The highest BCUT2D eigenvalue weighted by molar-refractivity contribution is 7.07. The van der Waals surface area contributed by atoms with Gasteiger partial charge in [-0.15, -0.1) is 11.3 Å². The molecule has 0 saturated heterocycles. The lowest BCUT2D eigenvalue weighted by molar-refractivity contribution is -0.118. The number of aromatic nitrogens is 1. The minimum atomic E-state index is -0.408. The van der Waals surface area contributed by atoms with Crippen LogP contribution in [-0.2, 0) is 4.79 Å². The van der Waals surface area contributed by atoms with E-state index in [1.165, 1.54) is 17.4 Å². The molecule has 0 atom stereocenters. The Morgan fingerprint density at radius 2 is 1.88 bits per heavy atom. The number of para-hydroxylation sites is 1. The highest BCUT2D eigenvalue weighted by Crippen LogP contribution is 2.33. The quantitative estimate of drug-likeness (QED) is 0.460. The molecule has 1 amide bonds. The molecule has 0 aliphatic carbocycles. The molecule has 1 aliphatic heterocycles. The minimum absolute atomic E-state index is 0.00215. The van der Waals surface area contributed by atoms with Crippen LogP contribution in [-0.4, -0.2) is 23.4 Å². The summed E-state index contributed by atoms with van der Waals surface area (Å²) < 4.78 is 21.3. The monoisotopic (exact) mass is 444 g/mol. The number of hydrogen-bond acceptors (Lipinski definition) is 5. The fourth-order valence-electron chi connectivity index (χ4n) is 3.24. The maximum absolute atomic E-state index is 14.2. The first-order chi connectivity index (χ1) is 15.7. The number of benzene rings is 3. The van der Waals surface area contributed by atoms with Gasteiger partial charge >= 0.3 is 0 Å². The molecule has 0 saturated carbocycles. The standard InChI is InChI=1S/C24H17FN4O2S/c25-18-8-4-5-9-19(18)28-24-29(26-13-16-6-2-1-3-7-16)21(15-32-24)17-10-11-22-20(12-17)27-23(30)14-31-22/h1-13,15H,14H2,(H,27,30)/b26-13+,28-24?. The van der Waals surface area contributed by atoms with Crippen molar-refractivity contribution in [1.29, 1.82) is 0 Å². The van der Waals surface area contributed by atoms with Crippen LogP contribution in [0.2, 0.25) is 0 Å². The molecule has 1 aliphatic rings. The van der Waals surface area contributed by atoms with Crippen molar-refractivity contribution in [3.63, 3.8) is 0 Å². The summed E-state index contributed by atoms with van der Waals surface area (Å²) >= 11 is 1.34. The Bertz CT molecular complexity index is 1390. The molecule has 0 spiro atoms. The Hall–Kier alpha value is -4.04. The van der Waals surface area contributed by atoms with Gasteiger partial charge in [0.05, 0.1) is 17.6 Å². The number of nitrogens with zero attached hydrogens (tertiary/aromatic N) is 3. The van der Waals surface area contributed by atoms with Gasteiger partial charge in [0.25, 0.3) is 5.91 Å². The molecule has 1 aromatic heterocycles. The average Bonchev–Trinajstić information content (AvgIpc) is 3.21. The number of anilines is 1. The molecule has 0 unspecified atom stereocenters. The number of rotatable bonds is 4. The number of carbonyl (C=O) groups is 1. The molecule has 158 valence electrons. The van der Waals surface area contributed by atoms with E-state index >= 15 is 0 Å². The van der Waals surface area contributed by atoms with Crippen molar-refractivity contribution in [2.75, 3.05) is 11.9 Å². The zero-order valence-electron chi connectivity index (χ0n) is 16.7. The predicted octanol–water partition coefficient (Wildman–Crippen LogP) is 4.80. The molecule has 6 nitrogen and oxygen atoms in total. The first-order valence-corrected chi connectivity index (χ1v) is 10.7. The third kappa shape index (κ3) is 4.08. The van der Waals surface area contributed by atoms with Gasteiger partial charge in [-0.3, -0.25) is 4.79 Å². The lowest BCUT2D eigenvalue weighted by Gasteiger charge is -2.18. The summed E-state index contributed by atoms with van der Waals surface area (Å²) in [7, 11) is 0. The summed E-state index contributed by atoms with van der Waals surface area (Å²) in [5.74, 6) is -0.000879. The summed E-state index contributed by atoms with van der Waals surface area (Å²) in [4.78, 5) is 16.7. The Kier molecular flexibility index (Phi) is 5.35. The number of halogens is 1. The summed E-state index contributed by atoms with van der Waals surface area (Å²) in [6.45, 7) is -0.00215. The molecule has 3 aromatic carbocycles. The van der Waals surface area contributed by atoms with Gasteiger partial charge in [0.15, 0.2) is 6.61 Å². The summed E-state index contributed by atoms with van der Waals surface area (Å²) in [6.07, 6.45) is 1.72. The third-order valence-electron chi connectivity index (χ3n) is 4.78. The maximum Gasteiger partial charge on any atom is 0.262 e. The number of thiazole rings is 1. The zero-order valence-corrected chi connectivity index (χ0v) is 17.6. The number of amides is 1. The number of carbonyl (C=O) groups excluding carboxylic acids is 1. The Balaban J connectivity index is 1.64. The second-order valence-corrected chi connectivity index (χ2v) is 7.82. The summed E-state index contributed by atoms with van der Waals surface area (Å²) in [5, 5.41) is 9.35. The molecular formula is C24H17FN4O2S. The third-order valence-corrected chi connectivity index (χ3v) is 5.60. The van der Waals surface area contributed by atoms with Gasteiger partial charge in [0.2, 0.25) is 4.80 Å². The van der Waals surface area contributed by atoms with E-state index in [1.807, 2.05) is 47.8 Å². The van der Waals surface area contributed by atoms with Gasteiger partial charge in [0, 0.05) is 10.9 Å². The molecule has 0 bridgehead atoms. The normalized spacial score (nSPS) is 13.7. The van der Waals surface area contributed by atoms with E-state index in [9.17, 15) is 9.18 Å². The van der Waals surface area contributed by atoms with Crippen LogP contribution in [0.3, 0.4) is 0 Å². The van der Waals surface area contributed by atoms with Crippen LogP contribution >= 0.6 is 11.3 Å². The van der Waals surface area contributed by atoms with Crippen molar-refractivity contribution in [1.82, 2.24) is 4.68 Å². The van der Waals surface area contributed by atoms with E-state index in [0.29, 0.717) is 16.2 Å². The van der Waals surface area contributed by atoms with Gasteiger partial charge in [0.1, 0.15) is 17.3 Å². The molecule has 2 heterocycles. The van der Waals surface area contributed by atoms with E-state index in [1.54, 1.807) is 35.2 Å². The Morgan fingerprint density at radius 3 is 2.72 bits per heavy atom. The molecule has 32 heavy (non-hydrogen) atoms. The van der Waals surface area contributed by atoms with E-state index in [2.05, 4.69) is 15.4 Å². The molecule has 0 radical (unpaired) electrons. The minimum Gasteiger partial charge on any atom is -0.482 e. The Labute approximate surface area is 187 Å². The first-order valence-electron chi connectivity index (χ1n) is 9.84. The van der Waals surface area contributed by atoms with Gasteiger partial charge in [-0.2, -0.15) is 5.10 Å². The fraction of sp³-hybridized carbons (Fsp3) is 0.0417. The van der Waals surface area contributed by atoms with Gasteiger partial charge in [-0.25, -0.2) is 14.1 Å². The van der Waals surface area contributed by atoms with Crippen molar-refractivity contribution in [3.05, 3.63) is 94.4 Å². The largest absolute Gasteiger partial charge is 0.482 e. The molecule has 1 N–H and O–H groups in total. The van der Waals surface area contributed by atoms with Crippen molar-refractivity contribution < 1.29 is 13.9 Å². The number of hydrogen-bond donors (Lipinski definition) is 1. The molecule has 8 heteroatoms. The second-order valence-electron chi connectivity index (χ2n) is 6.98. The van der Waals surface area contributed by atoms with Gasteiger partial charge in [-0.05, 0) is 35.9 Å². The van der Waals surface area contributed by atoms with Crippen molar-refractivity contribution in [2.45, 2.75) is 0 Å². The predicted molar refractivity (Wildman–Crippen MR) is 123 cm³/mol. The van der Waals surface area contributed by atoms with Crippen molar-refractivity contribution in [3.8, 4) is 17.0 Å². The number of ether oxygens (including phenoxy) is 1. The molecular weight excluding hydrogens is 427 g/mol. The maximum atomic E-state index is 14.2. The number of fused-ring (bicyclic) bond motifs is 1. The van der Waals surface area contributed by atoms with E-state index in [0.717, 1.165) is 16.8 Å². The Morgan fingerprint density at radius 1 is 1.06 bits per heavy atom. The van der Waals surface area contributed by atoms with Gasteiger partial charge < -0.3 is 10.1 Å². The van der Waals surface area contributed by atoms with Gasteiger partial charge in [-0.1, -0.05) is 42.5 Å². The van der Waals surface area contributed by atoms with E-state index in [4.69, 9.17) is 4.74 Å². The van der Waals surface area contributed by atoms with E-state index in [-0.39, 0.29) is 18.2 Å². The molecule has 5 rings (SSSR count). The van der Waals surface area contributed by atoms with Crippen LogP contribution in [0.25, 0.3) is 11.3 Å². The average molecular weight is 444 g/mol. The highest BCUT2D eigenvalue weighted by atomic mass is 32.1. The van der Waals surface area contributed by atoms with Crippen LogP contribution in [0.4, 0.5) is 15.8 Å². The summed E-state index contributed by atoms with van der Waals surface area (Å²) in [6, 6.07) is 21.5. The van der Waals surface area contributed by atoms with Crippen molar-refractivity contribution in [2.24, 2.45) is 10.1 Å². The zero-order chi connectivity index (χ0) is 21.9. The summed E-state index contributed by atoms with van der Waals surface area (Å²) in [5.41, 5.74) is 3.30. The van der Waals surface area contributed by atoms with Crippen LogP contribution < -0.4 is 14.9 Å². The lowest BCUT2D eigenvalue weighted by Crippen LogP contribution is -2.25. The topological polar surface area (TPSA) is 68.0 Å². The fourth-order valence-corrected chi connectivity index (χ4v) is 4.09. The highest BCUT2D eigenvalue weighted by Gasteiger charge is 2.18. The lowest BCUT2D eigenvalue weighted by atomic mass is 10.1.